The highest BCUT2D eigenvalue weighted by Gasteiger charge is 2.21. The number of carbonyl (C=O) groups is 2. The minimum Gasteiger partial charge on any atom is -0.396 e. The maximum atomic E-state index is 12.4. The summed E-state index contributed by atoms with van der Waals surface area (Å²) in [5, 5.41) is 21.2. The molecule has 1 heterocycles. The van der Waals surface area contributed by atoms with Gasteiger partial charge in [0.25, 0.3) is 5.91 Å². The van der Waals surface area contributed by atoms with Crippen molar-refractivity contribution >= 4 is 17.4 Å². The van der Waals surface area contributed by atoms with Crippen molar-refractivity contribution in [2.75, 3.05) is 18.5 Å². The van der Waals surface area contributed by atoms with Crippen LogP contribution >= 0.6 is 0 Å². The summed E-state index contributed by atoms with van der Waals surface area (Å²) in [4.78, 5) is 25.6. The van der Waals surface area contributed by atoms with E-state index in [-0.39, 0.29) is 24.0 Å². The van der Waals surface area contributed by atoms with Gasteiger partial charge >= 0.3 is 0 Å². The Bertz CT molecular complexity index is 687. The molecule has 2 rings (SSSR count). The Balaban J connectivity index is 2.09. The van der Waals surface area contributed by atoms with E-state index in [2.05, 4.69) is 5.32 Å². The van der Waals surface area contributed by atoms with Gasteiger partial charge in [-0.15, -0.1) is 0 Å². The third-order valence-corrected chi connectivity index (χ3v) is 4.34. The van der Waals surface area contributed by atoms with Crippen molar-refractivity contribution in [3.8, 4) is 6.07 Å². The van der Waals surface area contributed by atoms with Gasteiger partial charge in [0.1, 0.15) is 11.6 Å². The smallest absolute Gasteiger partial charge is 0.267 e. The van der Waals surface area contributed by atoms with Gasteiger partial charge < -0.3 is 15.3 Å². The van der Waals surface area contributed by atoms with Gasteiger partial charge in [-0.05, 0) is 56.9 Å². The molecule has 1 aromatic carbocycles. The number of aliphatic hydroxyl groups is 1. The number of nitriles is 1. The quantitative estimate of drug-likeness (QED) is 0.471. The lowest BCUT2D eigenvalue weighted by atomic mass is 10.00. The Morgan fingerprint density at radius 3 is 2.68 bits per heavy atom. The van der Waals surface area contributed by atoms with Gasteiger partial charge in [-0.3, -0.25) is 9.59 Å². The Labute approximate surface area is 147 Å². The molecule has 1 amide bonds. The SMILES string of the molecule is CC(=O)c1ccc(NC(=O)/C(C#N)=C\N2CCCCC2CCO)cc1. The average Bonchev–Trinajstić information content (AvgIpc) is 2.61. The molecular formula is C19H23N3O3. The second-order valence-electron chi connectivity index (χ2n) is 6.14. The second kappa shape index (κ2) is 9.00. The summed E-state index contributed by atoms with van der Waals surface area (Å²) in [7, 11) is 0. The summed E-state index contributed by atoms with van der Waals surface area (Å²) in [6.07, 6.45) is 5.27. The molecule has 1 aliphatic rings. The van der Waals surface area contributed by atoms with Crippen LogP contribution in [0.1, 0.15) is 43.0 Å². The van der Waals surface area contributed by atoms with Crippen molar-refractivity contribution < 1.29 is 14.7 Å². The molecule has 6 heteroatoms. The molecule has 0 radical (unpaired) electrons. The van der Waals surface area contributed by atoms with Crippen LogP contribution < -0.4 is 5.32 Å². The number of rotatable bonds is 6. The van der Waals surface area contributed by atoms with Gasteiger partial charge in [0.15, 0.2) is 5.78 Å². The number of benzene rings is 1. The number of nitrogens with one attached hydrogen (secondary N) is 1. The lowest BCUT2D eigenvalue weighted by Gasteiger charge is -2.34. The fraction of sp³-hybridized carbons (Fsp3) is 0.421. The van der Waals surface area contributed by atoms with E-state index in [0.29, 0.717) is 17.7 Å². The fourth-order valence-corrected chi connectivity index (χ4v) is 2.94. The predicted molar refractivity (Wildman–Crippen MR) is 94.8 cm³/mol. The molecule has 0 aliphatic carbocycles. The van der Waals surface area contributed by atoms with Crippen LogP contribution in [0.5, 0.6) is 0 Å². The van der Waals surface area contributed by atoms with E-state index < -0.39 is 5.91 Å². The summed E-state index contributed by atoms with van der Waals surface area (Å²) in [6.45, 7) is 2.34. The largest absolute Gasteiger partial charge is 0.396 e. The standard InChI is InChI=1S/C19H23N3O3/c1-14(24)15-5-7-17(8-6-15)21-19(25)16(12-20)13-22-10-3-2-4-18(22)9-11-23/h5-8,13,18,23H,2-4,9-11H2,1H3,(H,21,25)/b16-13-. The first-order valence-corrected chi connectivity index (χ1v) is 8.46. The van der Waals surface area contributed by atoms with Gasteiger partial charge in [0.05, 0.1) is 0 Å². The molecule has 6 nitrogen and oxygen atoms in total. The zero-order valence-electron chi connectivity index (χ0n) is 14.4. The van der Waals surface area contributed by atoms with Crippen molar-refractivity contribution in [2.45, 2.75) is 38.6 Å². The molecule has 1 unspecified atom stereocenters. The van der Waals surface area contributed by atoms with Crippen LogP contribution in [0.4, 0.5) is 5.69 Å². The highest BCUT2D eigenvalue weighted by atomic mass is 16.3. The van der Waals surface area contributed by atoms with E-state index in [1.165, 1.54) is 6.92 Å². The highest BCUT2D eigenvalue weighted by Crippen LogP contribution is 2.21. The van der Waals surface area contributed by atoms with E-state index in [4.69, 9.17) is 0 Å². The molecule has 1 aromatic rings. The van der Waals surface area contributed by atoms with Crippen LogP contribution in [-0.2, 0) is 4.79 Å². The number of ketones is 1. The third kappa shape index (κ3) is 5.16. The number of amides is 1. The molecule has 132 valence electrons. The first kappa shape index (κ1) is 18.7. The number of aliphatic hydroxyl groups excluding tert-OH is 1. The van der Waals surface area contributed by atoms with E-state index in [0.717, 1.165) is 25.8 Å². The van der Waals surface area contributed by atoms with Gasteiger partial charge in [-0.1, -0.05) is 0 Å². The molecule has 1 atom stereocenters. The number of likely N-dealkylation sites (tertiary alicyclic amines) is 1. The molecule has 0 saturated carbocycles. The maximum absolute atomic E-state index is 12.4. The number of nitrogens with zero attached hydrogens (tertiary/aromatic N) is 2. The molecule has 0 bridgehead atoms. The van der Waals surface area contributed by atoms with Crippen LogP contribution in [-0.4, -0.2) is 40.9 Å². The summed E-state index contributed by atoms with van der Waals surface area (Å²) >= 11 is 0. The lowest BCUT2D eigenvalue weighted by Crippen LogP contribution is -2.37. The summed E-state index contributed by atoms with van der Waals surface area (Å²) in [6, 6.07) is 8.65. The van der Waals surface area contributed by atoms with Gasteiger partial charge in [0.2, 0.25) is 0 Å². The Hall–Kier alpha value is -2.65. The van der Waals surface area contributed by atoms with Crippen LogP contribution in [0.3, 0.4) is 0 Å². The maximum Gasteiger partial charge on any atom is 0.267 e. The Morgan fingerprint density at radius 1 is 1.36 bits per heavy atom. The Morgan fingerprint density at radius 2 is 2.08 bits per heavy atom. The first-order valence-electron chi connectivity index (χ1n) is 8.46. The Kier molecular flexibility index (Phi) is 6.72. The van der Waals surface area contributed by atoms with Crippen LogP contribution in [0.15, 0.2) is 36.0 Å². The van der Waals surface area contributed by atoms with Crippen molar-refractivity contribution in [3.63, 3.8) is 0 Å². The van der Waals surface area contributed by atoms with E-state index in [1.807, 2.05) is 11.0 Å². The molecule has 1 fully saturated rings. The summed E-state index contributed by atoms with van der Waals surface area (Å²) < 4.78 is 0. The van der Waals surface area contributed by atoms with Crippen LogP contribution in [0, 0.1) is 11.3 Å². The topological polar surface area (TPSA) is 93.4 Å². The number of Topliss-reactive ketones (excluding diaryl/α,β-unsaturated/α-hetero) is 1. The monoisotopic (exact) mass is 341 g/mol. The minimum absolute atomic E-state index is 0.0282. The number of hydrogen-bond acceptors (Lipinski definition) is 5. The second-order valence-corrected chi connectivity index (χ2v) is 6.14. The van der Waals surface area contributed by atoms with Gasteiger partial charge in [0, 0.05) is 36.6 Å². The zero-order valence-corrected chi connectivity index (χ0v) is 14.4. The van der Waals surface area contributed by atoms with E-state index in [1.54, 1.807) is 30.5 Å². The van der Waals surface area contributed by atoms with E-state index >= 15 is 0 Å². The molecular weight excluding hydrogens is 318 g/mol. The average molecular weight is 341 g/mol. The highest BCUT2D eigenvalue weighted by molar-refractivity contribution is 6.06. The fourth-order valence-electron chi connectivity index (χ4n) is 2.94. The van der Waals surface area contributed by atoms with Crippen LogP contribution in [0.25, 0.3) is 0 Å². The number of anilines is 1. The van der Waals surface area contributed by atoms with Crippen molar-refractivity contribution in [1.29, 1.82) is 5.26 Å². The van der Waals surface area contributed by atoms with Crippen molar-refractivity contribution in [2.24, 2.45) is 0 Å². The molecule has 1 saturated heterocycles. The summed E-state index contributed by atoms with van der Waals surface area (Å²) in [5.41, 5.74) is 1.12. The van der Waals surface area contributed by atoms with Gasteiger partial charge in [-0.2, -0.15) is 5.26 Å². The minimum atomic E-state index is -0.480. The molecule has 1 aliphatic heterocycles. The van der Waals surface area contributed by atoms with Crippen molar-refractivity contribution in [3.05, 3.63) is 41.6 Å². The van der Waals surface area contributed by atoms with Crippen molar-refractivity contribution in [1.82, 2.24) is 4.90 Å². The molecule has 25 heavy (non-hydrogen) atoms. The normalized spacial score (nSPS) is 17.7. The molecule has 0 aromatic heterocycles. The third-order valence-electron chi connectivity index (χ3n) is 4.34. The first-order chi connectivity index (χ1) is 12.0. The van der Waals surface area contributed by atoms with E-state index in [9.17, 15) is 20.0 Å². The lowest BCUT2D eigenvalue weighted by molar-refractivity contribution is -0.112. The summed E-state index contributed by atoms with van der Waals surface area (Å²) in [5.74, 6) is -0.526. The molecule has 0 spiro atoms. The van der Waals surface area contributed by atoms with Gasteiger partial charge in [-0.25, -0.2) is 0 Å². The number of carbonyl (C=O) groups excluding carboxylic acids is 2. The predicted octanol–water partition coefficient (Wildman–Crippen LogP) is 2.47. The number of piperidine rings is 1. The number of hydrogen-bond donors (Lipinski definition) is 2. The molecule has 2 N–H and O–H groups in total. The zero-order chi connectivity index (χ0) is 18.2. The van der Waals surface area contributed by atoms with Crippen LogP contribution in [0.2, 0.25) is 0 Å².